The Morgan fingerprint density at radius 2 is 2.13 bits per heavy atom. The second-order valence-corrected chi connectivity index (χ2v) is 6.14. The second-order valence-electron chi connectivity index (χ2n) is 5.06. The summed E-state index contributed by atoms with van der Waals surface area (Å²) >= 11 is 1.43. The molecule has 1 aromatic carbocycles. The molecule has 0 atom stereocenters. The molecule has 1 aliphatic rings. The Morgan fingerprint density at radius 3 is 2.78 bits per heavy atom. The predicted molar refractivity (Wildman–Crippen MR) is 92.8 cm³/mol. The first-order valence-electron chi connectivity index (χ1n) is 7.17. The quantitative estimate of drug-likeness (QED) is 0.374. The van der Waals surface area contributed by atoms with Crippen molar-refractivity contribution in [1.82, 2.24) is 0 Å². The van der Waals surface area contributed by atoms with Crippen molar-refractivity contribution in [2.24, 2.45) is 4.99 Å². The van der Waals surface area contributed by atoms with Gasteiger partial charge in [0.15, 0.2) is 6.29 Å². The molecule has 0 unspecified atom stereocenters. The molecule has 118 valence electrons. The molecule has 3 rings (SSSR count). The van der Waals surface area contributed by atoms with Crippen LogP contribution in [0.15, 0.2) is 41.1 Å². The topological polar surface area (TPSA) is 70.9 Å². The number of nitrogens with one attached hydrogen (secondary N) is 1. The first-order chi connectivity index (χ1) is 11.2. The number of hydrogen-bond acceptors (Lipinski definition) is 5. The highest BCUT2D eigenvalue weighted by Gasteiger charge is 2.18. The van der Waals surface area contributed by atoms with Crippen LogP contribution in [0.5, 0.6) is 5.75 Å². The van der Waals surface area contributed by atoms with Crippen molar-refractivity contribution < 1.29 is 14.6 Å². The third-order valence-electron chi connectivity index (χ3n) is 3.54. The molecule has 1 aliphatic heterocycles. The van der Waals surface area contributed by atoms with Crippen molar-refractivity contribution in [1.29, 1.82) is 0 Å². The predicted octanol–water partition coefficient (Wildman–Crippen LogP) is 4.19. The van der Waals surface area contributed by atoms with Crippen molar-refractivity contribution >= 4 is 40.9 Å². The highest BCUT2D eigenvalue weighted by molar-refractivity contribution is 7.15. The van der Waals surface area contributed by atoms with E-state index in [1.54, 1.807) is 24.3 Å². The highest BCUT2D eigenvalue weighted by atomic mass is 32.1. The molecular formula is C17H16N2O3S. The minimum Gasteiger partial charge on any atom is -0.508 e. The van der Waals surface area contributed by atoms with E-state index in [-0.39, 0.29) is 5.75 Å². The minimum atomic E-state index is 0.209. The molecule has 1 aromatic heterocycles. The number of rotatable bonds is 5. The van der Waals surface area contributed by atoms with Gasteiger partial charge in [-0.05, 0) is 37.3 Å². The molecule has 2 N–H and O–H groups in total. The molecule has 5 nitrogen and oxygen atoms in total. The van der Waals surface area contributed by atoms with Crippen molar-refractivity contribution in [3.05, 3.63) is 45.8 Å². The zero-order chi connectivity index (χ0) is 16.2. The van der Waals surface area contributed by atoms with Crippen LogP contribution in [0.3, 0.4) is 0 Å². The van der Waals surface area contributed by atoms with E-state index in [4.69, 9.17) is 4.74 Å². The van der Waals surface area contributed by atoms with Crippen LogP contribution in [0.1, 0.15) is 27.9 Å². The van der Waals surface area contributed by atoms with Gasteiger partial charge in [-0.2, -0.15) is 0 Å². The molecule has 0 saturated heterocycles. The van der Waals surface area contributed by atoms with Crippen molar-refractivity contribution in [2.45, 2.75) is 13.3 Å². The minimum absolute atomic E-state index is 0.209. The number of nitrogens with zero attached hydrogens (tertiary/aromatic N) is 1. The number of anilines is 1. The van der Waals surface area contributed by atoms with Gasteiger partial charge < -0.3 is 15.2 Å². The Morgan fingerprint density at radius 1 is 1.35 bits per heavy atom. The standard InChI is InChI=1S/C17H16N2O3S/c1-11-14(6-7-22-11)16-8-15(17(9-20)23-16)19-10-18-12-2-4-13(21)5-3-12/h2-5,8-10,21H,6-7H2,1H3,(H,18,19). The monoisotopic (exact) mass is 328 g/mol. The third kappa shape index (κ3) is 3.43. The first kappa shape index (κ1) is 15.3. The molecule has 0 amide bonds. The van der Waals surface area contributed by atoms with Gasteiger partial charge in [0.25, 0.3) is 0 Å². The summed E-state index contributed by atoms with van der Waals surface area (Å²) in [7, 11) is 0. The number of carbonyl (C=O) groups is 1. The SMILES string of the molecule is CC1=C(c2cc(N=CNc3ccc(O)cc3)c(C=O)s2)CCO1. The van der Waals surface area contributed by atoms with E-state index in [9.17, 15) is 9.90 Å². The Labute approximate surface area is 138 Å². The van der Waals surface area contributed by atoms with Gasteiger partial charge in [-0.1, -0.05) is 0 Å². The lowest BCUT2D eigenvalue weighted by Gasteiger charge is -1.99. The van der Waals surface area contributed by atoms with E-state index < -0.39 is 0 Å². The van der Waals surface area contributed by atoms with Crippen LogP contribution < -0.4 is 5.32 Å². The molecule has 0 saturated carbocycles. The number of ether oxygens (including phenoxy) is 1. The van der Waals surface area contributed by atoms with Crippen LogP contribution in [0.4, 0.5) is 11.4 Å². The van der Waals surface area contributed by atoms with Crippen molar-refractivity contribution in [3.8, 4) is 5.75 Å². The number of aliphatic imine (C=N–C) groups is 1. The molecule has 0 aliphatic carbocycles. The number of aldehydes is 1. The molecule has 2 heterocycles. The molecule has 0 bridgehead atoms. The Kier molecular flexibility index (Phi) is 4.43. The number of allylic oxidation sites excluding steroid dienone is 1. The van der Waals surface area contributed by atoms with Crippen LogP contribution in [-0.4, -0.2) is 24.3 Å². The van der Waals surface area contributed by atoms with Crippen molar-refractivity contribution in [3.63, 3.8) is 0 Å². The molecule has 2 aromatic rings. The van der Waals surface area contributed by atoms with Gasteiger partial charge in [0, 0.05) is 22.6 Å². The normalized spacial score (nSPS) is 14.3. The summed E-state index contributed by atoms with van der Waals surface area (Å²) in [4.78, 5) is 17.2. The maximum absolute atomic E-state index is 11.2. The van der Waals surface area contributed by atoms with Gasteiger partial charge in [0.2, 0.25) is 0 Å². The summed E-state index contributed by atoms with van der Waals surface area (Å²) in [5.74, 6) is 1.13. The molecule has 0 spiro atoms. The number of benzene rings is 1. The van der Waals surface area contributed by atoms with Gasteiger partial charge in [-0.3, -0.25) is 4.79 Å². The number of hydrogen-bond donors (Lipinski definition) is 2. The van der Waals surface area contributed by atoms with E-state index in [0.29, 0.717) is 17.2 Å². The number of phenolic OH excluding ortho intramolecular Hbond substituents is 1. The van der Waals surface area contributed by atoms with E-state index in [1.807, 2.05) is 13.0 Å². The average molecular weight is 328 g/mol. The van der Waals surface area contributed by atoms with Crippen LogP contribution in [0.2, 0.25) is 0 Å². The van der Waals surface area contributed by atoms with Crippen LogP contribution >= 0.6 is 11.3 Å². The fraction of sp³-hybridized carbons (Fsp3) is 0.176. The summed E-state index contributed by atoms with van der Waals surface area (Å²) in [6.07, 6.45) is 3.23. The summed E-state index contributed by atoms with van der Waals surface area (Å²) in [5.41, 5.74) is 2.59. The number of carbonyl (C=O) groups excluding carboxylic acids is 1. The lowest BCUT2D eigenvalue weighted by molar-refractivity contribution is 0.112. The third-order valence-corrected chi connectivity index (χ3v) is 4.65. The van der Waals surface area contributed by atoms with E-state index in [2.05, 4.69) is 10.3 Å². The smallest absolute Gasteiger partial charge is 0.162 e. The number of phenols is 1. The first-order valence-corrected chi connectivity index (χ1v) is 7.99. The summed E-state index contributed by atoms with van der Waals surface area (Å²) < 4.78 is 5.48. The number of aromatic hydroxyl groups is 1. The fourth-order valence-corrected chi connectivity index (χ4v) is 3.37. The summed E-state index contributed by atoms with van der Waals surface area (Å²) in [5, 5.41) is 12.3. The second kappa shape index (κ2) is 6.66. The molecular weight excluding hydrogens is 312 g/mol. The van der Waals surface area contributed by atoms with Crippen LogP contribution in [0.25, 0.3) is 5.57 Å². The Hall–Kier alpha value is -2.60. The van der Waals surface area contributed by atoms with E-state index in [0.717, 1.165) is 34.6 Å². The molecule has 23 heavy (non-hydrogen) atoms. The van der Waals surface area contributed by atoms with Crippen LogP contribution in [0, 0.1) is 0 Å². The maximum Gasteiger partial charge on any atom is 0.162 e. The lowest BCUT2D eigenvalue weighted by atomic mass is 10.1. The van der Waals surface area contributed by atoms with E-state index >= 15 is 0 Å². The summed E-state index contributed by atoms with van der Waals surface area (Å²) in [6.45, 7) is 2.63. The molecule has 0 fully saturated rings. The summed E-state index contributed by atoms with van der Waals surface area (Å²) in [6, 6.07) is 8.57. The van der Waals surface area contributed by atoms with Gasteiger partial charge >= 0.3 is 0 Å². The average Bonchev–Trinajstić information content (AvgIpc) is 3.15. The van der Waals surface area contributed by atoms with Crippen molar-refractivity contribution in [2.75, 3.05) is 11.9 Å². The number of thiophene rings is 1. The fourth-order valence-electron chi connectivity index (χ4n) is 2.33. The van der Waals surface area contributed by atoms with Gasteiger partial charge in [0.05, 0.1) is 29.3 Å². The Bertz CT molecular complexity index is 776. The zero-order valence-electron chi connectivity index (χ0n) is 12.6. The Balaban J connectivity index is 1.78. The van der Waals surface area contributed by atoms with Gasteiger partial charge in [0.1, 0.15) is 5.75 Å². The van der Waals surface area contributed by atoms with Crippen LogP contribution in [-0.2, 0) is 4.74 Å². The zero-order valence-corrected chi connectivity index (χ0v) is 13.4. The highest BCUT2D eigenvalue weighted by Crippen LogP contribution is 2.37. The van der Waals surface area contributed by atoms with Gasteiger partial charge in [-0.25, -0.2) is 4.99 Å². The largest absolute Gasteiger partial charge is 0.508 e. The van der Waals surface area contributed by atoms with E-state index in [1.165, 1.54) is 17.7 Å². The lowest BCUT2D eigenvalue weighted by Crippen LogP contribution is -1.93. The maximum atomic E-state index is 11.2. The molecule has 6 heteroatoms. The van der Waals surface area contributed by atoms with Gasteiger partial charge in [-0.15, -0.1) is 11.3 Å². The molecule has 0 radical (unpaired) electrons.